The molecule has 1 rings (SSSR count). The molecule has 1 fully saturated rings. The minimum absolute atomic E-state index is 0.000833. The molecule has 6 nitrogen and oxygen atoms in total. The lowest BCUT2D eigenvalue weighted by Gasteiger charge is -2.38. The first kappa shape index (κ1) is 15.8. The normalized spacial score (nSPS) is 20.1. The molecule has 1 atom stereocenters. The van der Waals surface area contributed by atoms with E-state index < -0.39 is 5.60 Å². The summed E-state index contributed by atoms with van der Waals surface area (Å²) in [5.74, 6) is -0.0673. The van der Waals surface area contributed by atoms with E-state index in [-0.39, 0.29) is 24.6 Å². The average Bonchev–Trinajstić information content (AvgIpc) is 2.35. The molecule has 0 aromatic heterocycles. The number of nitrogens with two attached hydrogens (primary N) is 1. The highest BCUT2D eigenvalue weighted by Crippen LogP contribution is 2.17. The van der Waals surface area contributed by atoms with Crippen molar-refractivity contribution in [1.82, 2.24) is 9.80 Å². The summed E-state index contributed by atoms with van der Waals surface area (Å²) >= 11 is 0. The van der Waals surface area contributed by atoms with Crippen molar-refractivity contribution < 1.29 is 14.3 Å². The molecule has 0 unspecified atom stereocenters. The highest BCUT2D eigenvalue weighted by Gasteiger charge is 2.30. The van der Waals surface area contributed by atoms with E-state index in [2.05, 4.69) is 0 Å². The van der Waals surface area contributed by atoms with Crippen LogP contribution in [0, 0.1) is 0 Å². The second-order valence-electron chi connectivity index (χ2n) is 5.93. The molecule has 1 saturated heterocycles. The predicted octanol–water partition coefficient (Wildman–Crippen LogP) is 0.803. The van der Waals surface area contributed by atoms with Gasteiger partial charge in [0.05, 0.1) is 12.6 Å². The van der Waals surface area contributed by atoms with Crippen molar-refractivity contribution in [3.63, 3.8) is 0 Å². The first-order chi connectivity index (χ1) is 8.74. The number of likely N-dealkylation sites (N-methyl/N-ethyl adjacent to an activating group) is 1. The van der Waals surface area contributed by atoms with Gasteiger partial charge < -0.3 is 20.3 Å². The van der Waals surface area contributed by atoms with Gasteiger partial charge in [-0.1, -0.05) is 0 Å². The molecule has 0 aliphatic carbocycles. The largest absolute Gasteiger partial charge is 0.444 e. The van der Waals surface area contributed by atoms with E-state index >= 15 is 0 Å². The van der Waals surface area contributed by atoms with Gasteiger partial charge in [0, 0.05) is 20.1 Å². The Kier molecular flexibility index (Phi) is 5.17. The van der Waals surface area contributed by atoms with E-state index in [9.17, 15) is 9.59 Å². The number of ether oxygens (including phenoxy) is 1. The maximum Gasteiger partial charge on any atom is 0.410 e. The second kappa shape index (κ2) is 6.23. The monoisotopic (exact) mass is 271 g/mol. The molecule has 110 valence electrons. The number of hydrogen-bond acceptors (Lipinski definition) is 4. The molecule has 1 aliphatic heterocycles. The molecule has 0 aromatic carbocycles. The van der Waals surface area contributed by atoms with Gasteiger partial charge in [-0.15, -0.1) is 0 Å². The van der Waals surface area contributed by atoms with Crippen LogP contribution in [0.3, 0.4) is 0 Å². The number of amides is 2. The van der Waals surface area contributed by atoms with E-state index in [0.29, 0.717) is 13.1 Å². The van der Waals surface area contributed by atoms with Gasteiger partial charge in [0.2, 0.25) is 5.91 Å². The van der Waals surface area contributed by atoms with E-state index in [0.717, 1.165) is 12.8 Å². The van der Waals surface area contributed by atoms with Gasteiger partial charge in [0.15, 0.2) is 0 Å². The van der Waals surface area contributed by atoms with Crippen molar-refractivity contribution >= 4 is 12.0 Å². The van der Waals surface area contributed by atoms with Crippen molar-refractivity contribution in [3.05, 3.63) is 0 Å². The molecule has 1 aliphatic rings. The summed E-state index contributed by atoms with van der Waals surface area (Å²) in [4.78, 5) is 26.9. The second-order valence-corrected chi connectivity index (χ2v) is 5.93. The van der Waals surface area contributed by atoms with Crippen LogP contribution < -0.4 is 5.73 Å². The lowest BCUT2D eigenvalue weighted by atomic mass is 10.0. The molecule has 1 heterocycles. The van der Waals surface area contributed by atoms with Crippen LogP contribution in [0.1, 0.15) is 33.6 Å². The summed E-state index contributed by atoms with van der Waals surface area (Å²) < 4.78 is 5.33. The van der Waals surface area contributed by atoms with Crippen LogP contribution in [0.4, 0.5) is 4.79 Å². The van der Waals surface area contributed by atoms with E-state index in [1.807, 2.05) is 20.8 Å². The fraction of sp³-hybridized carbons (Fsp3) is 0.846. The van der Waals surface area contributed by atoms with Crippen molar-refractivity contribution in [1.29, 1.82) is 0 Å². The topological polar surface area (TPSA) is 75.9 Å². The summed E-state index contributed by atoms with van der Waals surface area (Å²) in [6.45, 7) is 6.78. The van der Waals surface area contributed by atoms with Gasteiger partial charge in [0.25, 0.3) is 0 Å². The number of likely N-dealkylation sites (tertiary alicyclic amines) is 1. The Morgan fingerprint density at radius 1 is 1.42 bits per heavy atom. The quantitative estimate of drug-likeness (QED) is 0.806. The summed E-state index contributed by atoms with van der Waals surface area (Å²) in [6.07, 6.45) is 1.41. The van der Waals surface area contributed by atoms with Gasteiger partial charge in [-0.05, 0) is 33.6 Å². The Labute approximate surface area is 114 Å². The van der Waals surface area contributed by atoms with Crippen molar-refractivity contribution in [2.75, 3.05) is 26.7 Å². The lowest BCUT2D eigenvalue weighted by Crippen LogP contribution is -2.52. The molecule has 19 heavy (non-hydrogen) atoms. The predicted molar refractivity (Wildman–Crippen MR) is 72.7 cm³/mol. The Morgan fingerprint density at radius 2 is 2.05 bits per heavy atom. The zero-order valence-electron chi connectivity index (χ0n) is 12.3. The minimum Gasteiger partial charge on any atom is -0.444 e. The smallest absolute Gasteiger partial charge is 0.410 e. The van der Waals surface area contributed by atoms with E-state index in [1.54, 1.807) is 16.8 Å². The van der Waals surface area contributed by atoms with Gasteiger partial charge in [-0.3, -0.25) is 4.79 Å². The standard InChI is InChI=1S/C13H25N3O3/c1-13(2,3)19-12(18)15(4)10-6-5-7-16(9-10)11(17)8-14/h10H,5-9,14H2,1-4H3/t10-/m1/s1. The average molecular weight is 271 g/mol. The van der Waals surface area contributed by atoms with Crippen LogP contribution in [-0.2, 0) is 9.53 Å². The van der Waals surface area contributed by atoms with Gasteiger partial charge in [-0.25, -0.2) is 4.79 Å². The molecular weight excluding hydrogens is 246 g/mol. The van der Waals surface area contributed by atoms with Crippen LogP contribution in [0.25, 0.3) is 0 Å². The van der Waals surface area contributed by atoms with Crippen LogP contribution in [0.2, 0.25) is 0 Å². The minimum atomic E-state index is -0.507. The molecule has 0 aromatic rings. The van der Waals surface area contributed by atoms with Gasteiger partial charge in [-0.2, -0.15) is 0 Å². The number of rotatable bonds is 2. The Hall–Kier alpha value is -1.30. The molecule has 2 N–H and O–H groups in total. The van der Waals surface area contributed by atoms with Crippen molar-refractivity contribution in [2.24, 2.45) is 5.73 Å². The van der Waals surface area contributed by atoms with Gasteiger partial charge in [0.1, 0.15) is 5.60 Å². The van der Waals surface area contributed by atoms with E-state index in [1.165, 1.54) is 0 Å². The number of piperidine rings is 1. The molecular formula is C13H25N3O3. The summed E-state index contributed by atoms with van der Waals surface area (Å²) in [6, 6.07) is -0.000833. The third-order valence-corrected chi connectivity index (χ3v) is 3.15. The number of carbonyl (C=O) groups is 2. The molecule has 0 saturated carbocycles. The van der Waals surface area contributed by atoms with Crippen LogP contribution in [0.15, 0.2) is 0 Å². The van der Waals surface area contributed by atoms with Gasteiger partial charge >= 0.3 is 6.09 Å². The summed E-state index contributed by atoms with van der Waals surface area (Å²) in [5.41, 5.74) is 4.86. The van der Waals surface area contributed by atoms with E-state index in [4.69, 9.17) is 10.5 Å². The number of nitrogens with zero attached hydrogens (tertiary/aromatic N) is 2. The van der Waals surface area contributed by atoms with Crippen molar-refractivity contribution in [2.45, 2.75) is 45.3 Å². The highest BCUT2D eigenvalue weighted by molar-refractivity contribution is 5.78. The molecule has 6 heteroatoms. The van der Waals surface area contributed by atoms with Crippen LogP contribution in [-0.4, -0.2) is 60.1 Å². The number of carbonyl (C=O) groups excluding carboxylic acids is 2. The molecule has 2 amide bonds. The lowest BCUT2D eigenvalue weighted by molar-refractivity contribution is -0.131. The summed E-state index contributed by atoms with van der Waals surface area (Å²) in [7, 11) is 1.72. The first-order valence-electron chi connectivity index (χ1n) is 6.68. The third kappa shape index (κ3) is 4.70. The van der Waals surface area contributed by atoms with Crippen molar-refractivity contribution in [3.8, 4) is 0 Å². The Balaban J connectivity index is 2.59. The Bertz CT molecular complexity index is 339. The number of hydrogen-bond donors (Lipinski definition) is 1. The Morgan fingerprint density at radius 3 is 2.58 bits per heavy atom. The maximum absolute atomic E-state index is 12.0. The zero-order valence-corrected chi connectivity index (χ0v) is 12.3. The first-order valence-corrected chi connectivity index (χ1v) is 6.68. The SMILES string of the molecule is CN(C(=O)OC(C)(C)C)[C@@H]1CCCN(C(=O)CN)C1. The van der Waals surface area contributed by atoms with Crippen LogP contribution in [0.5, 0.6) is 0 Å². The molecule has 0 radical (unpaired) electrons. The summed E-state index contributed by atoms with van der Waals surface area (Å²) in [5, 5.41) is 0. The fourth-order valence-electron chi connectivity index (χ4n) is 2.11. The van der Waals surface area contributed by atoms with Crippen LogP contribution >= 0.6 is 0 Å². The molecule has 0 spiro atoms. The molecule has 0 bridgehead atoms. The third-order valence-electron chi connectivity index (χ3n) is 3.15. The highest BCUT2D eigenvalue weighted by atomic mass is 16.6. The zero-order chi connectivity index (χ0) is 14.6. The maximum atomic E-state index is 12.0. The fourth-order valence-corrected chi connectivity index (χ4v) is 2.11.